The maximum absolute atomic E-state index is 12.1. The van der Waals surface area contributed by atoms with Crippen LogP contribution in [0.2, 0.25) is 0 Å². The van der Waals surface area contributed by atoms with Gasteiger partial charge in [-0.1, -0.05) is 83.6 Å². The second kappa shape index (κ2) is 10.6. The molecule has 4 aromatic rings. The molecule has 2 N–H and O–H groups in total. The molecule has 0 spiro atoms. The maximum Gasteiger partial charge on any atom is 0.323 e. The van der Waals surface area contributed by atoms with E-state index in [1.807, 2.05) is 6.07 Å². The van der Waals surface area contributed by atoms with Gasteiger partial charge in [0.05, 0.1) is 11.5 Å². The summed E-state index contributed by atoms with van der Waals surface area (Å²) in [4.78, 5) is 12.1. The highest BCUT2D eigenvalue weighted by Gasteiger charge is 2.14. The van der Waals surface area contributed by atoms with E-state index in [1.165, 1.54) is 51.6 Å². The maximum atomic E-state index is 12.1. The minimum Gasteiger partial charge on any atom is -0.872 e. The number of fused-ring (bicyclic) bond motifs is 1. The van der Waals surface area contributed by atoms with Crippen molar-refractivity contribution in [3.05, 3.63) is 77.9 Å². The number of rotatable bonds is 8. The number of carbonyl (C=O) groups excluding carboxylic acids is 1. The minimum absolute atomic E-state index is 0.0584. The Morgan fingerprint density at radius 1 is 1.09 bits per heavy atom. The summed E-state index contributed by atoms with van der Waals surface area (Å²) in [5, 5.41) is 25.1. The van der Waals surface area contributed by atoms with Crippen molar-refractivity contribution in [2.24, 2.45) is 5.10 Å². The normalized spacial score (nSPS) is 11.6. The molecule has 1 heterocycles. The SMILES string of the molecule is C/C(=N/NC(=O)CSc1n[nH+]c(SCc2cccc3ccccc23)s1)c1ccc([O-])cc1. The Bertz CT molecular complexity index is 1250. The fourth-order valence-corrected chi connectivity index (χ4v) is 5.86. The summed E-state index contributed by atoms with van der Waals surface area (Å²) in [7, 11) is 0. The molecule has 0 atom stereocenters. The van der Waals surface area contributed by atoms with E-state index in [0.29, 0.717) is 5.71 Å². The standard InChI is InChI=1S/C23H20N4O2S3/c1-15(16-9-11-19(28)12-10-16)24-25-21(29)14-31-23-27-26-22(32-23)30-13-18-7-4-6-17-5-2-3-8-20(17)18/h2-12,28H,13-14H2,1H3,(H,25,29)/b24-15-. The van der Waals surface area contributed by atoms with Gasteiger partial charge in [0.25, 0.3) is 5.91 Å². The van der Waals surface area contributed by atoms with E-state index in [1.54, 1.807) is 30.8 Å². The molecule has 162 valence electrons. The first-order valence-electron chi connectivity index (χ1n) is 9.80. The number of nitrogens with zero attached hydrogens (tertiary/aromatic N) is 2. The van der Waals surface area contributed by atoms with Gasteiger partial charge in [0.1, 0.15) is 0 Å². The quantitative estimate of drug-likeness (QED) is 0.233. The molecule has 9 heteroatoms. The summed E-state index contributed by atoms with van der Waals surface area (Å²) in [6.07, 6.45) is 0. The summed E-state index contributed by atoms with van der Waals surface area (Å²) in [5.41, 5.74) is 5.26. The number of aromatic amines is 1. The van der Waals surface area contributed by atoms with Crippen molar-refractivity contribution in [3.8, 4) is 5.75 Å². The largest absolute Gasteiger partial charge is 0.872 e. The average molecular weight is 481 g/mol. The summed E-state index contributed by atoms with van der Waals surface area (Å²) in [6.45, 7) is 1.78. The predicted molar refractivity (Wildman–Crippen MR) is 129 cm³/mol. The fourth-order valence-electron chi connectivity index (χ4n) is 2.97. The lowest BCUT2D eigenvalue weighted by atomic mass is 10.1. The summed E-state index contributed by atoms with van der Waals surface area (Å²) in [5.74, 6) is 0.781. The topological polar surface area (TPSA) is 91.6 Å². The highest BCUT2D eigenvalue weighted by Crippen LogP contribution is 2.30. The number of aromatic nitrogens is 2. The first-order valence-corrected chi connectivity index (χ1v) is 12.6. The van der Waals surface area contributed by atoms with E-state index < -0.39 is 0 Å². The summed E-state index contributed by atoms with van der Waals surface area (Å²) < 4.78 is 1.80. The van der Waals surface area contributed by atoms with Crippen LogP contribution >= 0.6 is 34.9 Å². The lowest BCUT2D eigenvalue weighted by Gasteiger charge is -2.06. The Hall–Kier alpha value is -2.88. The molecule has 0 aliphatic carbocycles. The van der Waals surface area contributed by atoms with E-state index in [2.05, 4.69) is 57.1 Å². The highest BCUT2D eigenvalue weighted by molar-refractivity contribution is 8.03. The van der Waals surface area contributed by atoms with Crippen LogP contribution in [0.4, 0.5) is 0 Å². The lowest BCUT2D eigenvalue weighted by molar-refractivity contribution is -0.492. The van der Waals surface area contributed by atoms with Gasteiger partial charge >= 0.3 is 4.34 Å². The average Bonchev–Trinajstić information content (AvgIpc) is 3.28. The Morgan fingerprint density at radius 3 is 2.72 bits per heavy atom. The molecule has 0 radical (unpaired) electrons. The number of hydrogen-bond acceptors (Lipinski definition) is 7. The third kappa shape index (κ3) is 5.87. The van der Waals surface area contributed by atoms with Gasteiger partial charge in [-0.15, -0.1) is 5.75 Å². The smallest absolute Gasteiger partial charge is 0.323 e. The number of benzene rings is 3. The Labute approximate surface area is 198 Å². The van der Waals surface area contributed by atoms with Crippen LogP contribution in [0.25, 0.3) is 10.8 Å². The van der Waals surface area contributed by atoms with Crippen molar-refractivity contribution in [1.82, 2.24) is 10.5 Å². The van der Waals surface area contributed by atoms with Gasteiger partial charge in [-0.05, 0) is 51.9 Å². The number of H-pyrrole nitrogens is 1. The monoisotopic (exact) mass is 480 g/mol. The Balaban J connectivity index is 1.27. The van der Waals surface area contributed by atoms with Crippen LogP contribution in [0.5, 0.6) is 5.75 Å². The van der Waals surface area contributed by atoms with Crippen molar-refractivity contribution in [1.29, 1.82) is 0 Å². The fraction of sp³-hybridized carbons (Fsp3) is 0.130. The molecule has 4 rings (SSSR count). The molecular weight excluding hydrogens is 460 g/mol. The predicted octanol–water partition coefficient (Wildman–Crippen LogP) is 4.11. The molecule has 0 aliphatic heterocycles. The zero-order valence-corrected chi connectivity index (χ0v) is 19.7. The van der Waals surface area contributed by atoms with Crippen LogP contribution in [0.1, 0.15) is 18.1 Å². The number of nitrogens with one attached hydrogen (secondary N) is 2. The molecule has 1 aromatic heterocycles. The molecule has 3 aromatic carbocycles. The first-order chi connectivity index (χ1) is 15.6. The zero-order chi connectivity index (χ0) is 22.3. The molecule has 0 saturated heterocycles. The number of hydrazone groups is 1. The molecule has 1 amide bonds. The van der Waals surface area contributed by atoms with Gasteiger partial charge in [-0.3, -0.25) is 4.79 Å². The van der Waals surface area contributed by atoms with Crippen LogP contribution in [-0.4, -0.2) is 22.5 Å². The van der Waals surface area contributed by atoms with Gasteiger partial charge in [-0.25, -0.2) is 5.43 Å². The van der Waals surface area contributed by atoms with E-state index in [9.17, 15) is 9.90 Å². The van der Waals surface area contributed by atoms with Crippen LogP contribution in [-0.2, 0) is 10.5 Å². The number of thioether (sulfide) groups is 2. The van der Waals surface area contributed by atoms with Crippen LogP contribution < -0.4 is 15.6 Å². The van der Waals surface area contributed by atoms with Gasteiger partial charge in [0, 0.05) is 10.9 Å². The summed E-state index contributed by atoms with van der Waals surface area (Å²) >= 11 is 4.60. The van der Waals surface area contributed by atoms with E-state index in [4.69, 9.17) is 0 Å². The van der Waals surface area contributed by atoms with Gasteiger partial charge in [0.2, 0.25) is 4.34 Å². The molecule has 32 heavy (non-hydrogen) atoms. The number of amides is 1. The van der Waals surface area contributed by atoms with Crippen molar-refractivity contribution < 1.29 is 15.0 Å². The highest BCUT2D eigenvalue weighted by atomic mass is 32.2. The molecule has 0 bridgehead atoms. The lowest BCUT2D eigenvalue weighted by Crippen LogP contribution is -2.21. The number of hydrogen-bond donors (Lipinski definition) is 1. The van der Waals surface area contributed by atoms with Crippen molar-refractivity contribution in [3.63, 3.8) is 0 Å². The van der Waals surface area contributed by atoms with Crippen molar-refractivity contribution >= 4 is 57.3 Å². The van der Waals surface area contributed by atoms with Gasteiger partial charge < -0.3 is 5.11 Å². The third-order valence-electron chi connectivity index (χ3n) is 4.60. The first kappa shape index (κ1) is 22.3. The van der Waals surface area contributed by atoms with Crippen LogP contribution in [0, 0.1) is 0 Å². The molecule has 0 unspecified atom stereocenters. The molecular formula is C23H20N4O2S3. The molecule has 0 fully saturated rings. The molecule has 6 nitrogen and oxygen atoms in total. The Morgan fingerprint density at radius 2 is 1.88 bits per heavy atom. The third-order valence-corrected chi connectivity index (χ3v) is 7.91. The second-order valence-electron chi connectivity index (χ2n) is 6.85. The molecule has 0 saturated carbocycles. The van der Waals surface area contributed by atoms with E-state index in [0.717, 1.165) is 20.0 Å². The minimum atomic E-state index is -0.213. The second-order valence-corrected chi connectivity index (χ2v) is 10.3. The van der Waals surface area contributed by atoms with Crippen LogP contribution in [0.15, 0.2) is 80.5 Å². The number of carbonyl (C=O) groups is 1. The van der Waals surface area contributed by atoms with Crippen molar-refractivity contribution in [2.45, 2.75) is 21.4 Å². The van der Waals surface area contributed by atoms with Crippen molar-refractivity contribution in [2.75, 3.05) is 5.75 Å². The summed E-state index contributed by atoms with van der Waals surface area (Å²) in [6, 6.07) is 21.0. The zero-order valence-electron chi connectivity index (χ0n) is 17.2. The van der Waals surface area contributed by atoms with Crippen LogP contribution in [0.3, 0.4) is 0 Å². The van der Waals surface area contributed by atoms with E-state index >= 15 is 0 Å². The van der Waals surface area contributed by atoms with E-state index in [-0.39, 0.29) is 17.4 Å². The Kier molecular flexibility index (Phi) is 7.41. The van der Waals surface area contributed by atoms with Gasteiger partial charge in [-0.2, -0.15) is 5.10 Å². The molecule has 0 aliphatic rings. The van der Waals surface area contributed by atoms with Gasteiger partial charge in [0.15, 0.2) is 0 Å².